The maximum absolute atomic E-state index is 13.0. The molecule has 2 rings (SSSR count). The van der Waals surface area contributed by atoms with E-state index < -0.39 is 36.1 Å². The summed E-state index contributed by atoms with van der Waals surface area (Å²) in [5, 5.41) is 0. The third-order valence-corrected chi connectivity index (χ3v) is 2.78. The minimum Gasteiger partial charge on any atom is -0.453 e. The number of rotatable bonds is 4. The van der Waals surface area contributed by atoms with Crippen LogP contribution >= 0.6 is 0 Å². The number of oxazole rings is 1. The number of likely N-dealkylation sites (N-methyl/N-ethyl adjacent to an activating group) is 1. The SMILES string of the molecule is CN(C)C(=O)COc1oc(-c2ccc(F)cc2)nc1C(F)(F)F. The lowest BCUT2D eigenvalue weighted by molar-refractivity contribution is -0.144. The molecule has 1 aromatic heterocycles. The van der Waals surface area contributed by atoms with Gasteiger partial charge in [0.2, 0.25) is 11.6 Å². The van der Waals surface area contributed by atoms with Gasteiger partial charge in [0.1, 0.15) is 5.82 Å². The Morgan fingerprint density at radius 3 is 2.39 bits per heavy atom. The van der Waals surface area contributed by atoms with E-state index in [1.165, 1.54) is 26.2 Å². The summed E-state index contributed by atoms with van der Waals surface area (Å²) in [6.45, 7) is -0.631. The van der Waals surface area contributed by atoms with Gasteiger partial charge in [-0.1, -0.05) is 0 Å². The van der Waals surface area contributed by atoms with Gasteiger partial charge in [0.05, 0.1) is 0 Å². The van der Waals surface area contributed by atoms with Crippen LogP contribution in [0, 0.1) is 5.82 Å². The number of aromatic nitrogens is 1. The molecule has 1 amide bonds. The van der Waals surface area contributed by atoms with Crippen molar-refractivity contribution in [3.8, 4) is 17.4 Å². The average Bonchev–Trinajstić information content (AvgIpc) is 2.89. The van der Waals surface area contributed by atoms with Gasteiger partial charge in [-0.15, -0.1) is 0 Å². The highest BCUT2D eigenvalue weighted by Crippen LogP contribution is 2.38. The highest BCUT2D eigenvalue weighted by atomic mass is 19.4. The summed E-state index contributed by atoms with van der Waals surface area (Å²) in [5.74, 6) is -2.39. The average molecular weight is 332 g/mol. The molecule has 0 aliphatic heterocycles. The van der Waals surface area contributed by atoms with Gasteiger partial charge in [0.25, 0.3) is 5.91 Å². The minimum absolute atomic E-state index is 0.144. The number of nitrogens with zero attached hydrogens (tertiary/aromatic N) is 2. The van der Waals surface area contributed by atoms with E-state index in [2.05, 4.69) is 4.98 Å². The second kappa shape index (κ2) is 6.27. The predicted octanol–water partition coefficient (Wildman–Crippen LogP) is 2.97. The molecule has 0 fully saturated rings. The zero-order valence-electron chi connectivity index (χ0n) is 12.1. The fraction of sp³-hybridized carbons (Fsp3) is 0.286. The largest absolute Gasteiger partial charge is 0.453 e. The van der Waals surface area contributed by atoms with E-state index >= 15 is 0 Å². The van der Waals surface area contributed by atoms with Gasteiger partial charge in [0, 0.05) is 19.7 Å². The Balaban J connectivity index is 2.33. The first-order chi connectivity index (χ1) is 10.7. The second-order valence-electron chi connectivity index (χ2n) is 4.74. The van der Waals surface area contributed by atoms with Crippen molar-refractivity contribution in [2.75, 3.05) is 20.7 Å². The van der Waals surface area contributed by atoms with E-state index in [4.69, 9.17) is 9.15 Å². The normalized spacial score (nSPS) is 11.4. The zero-order valence-corrected chi connectivity index (χ0v) is 12.1. The van der Waals surface area contributed by atoms with Crippen LogP contribution in [-0.2, 0) is 11.0 Å². The Labute approximate surface area is 128 Å². The maximum atomic E-state index is 13.0. The summed E-state index contributed by atoms with van der Waals surface area (Å²) >= 11 is 0. The van der Waals surface area contributed by atoms with Crippen molar-refractivity contribution < 1.29 is 31.5 Å². The third-order valence-electron chi connectivity index (χ3n) is 2.78. The highest BCUT2D eigenvalue weighted by Gasteiger charge is 2.40. The van der Waals surface area contributed by atoms with Crippen LogP contribution in [0.25, 0.3) is 11.5 Å². The van der Waals surface area contributed by atoms with Crippen LogP contribution in [0.5, 0.6) is 5.95 Å². The number of amides is 1. The predicted molar refractivity (Wildman–Crippen MR) is 71.1 cm³/mol. The quantitative estimate of drug-likeness (QED) is 0.808. The van der Waals surface area contributed by atoms with Gasteiger partial charge in [-0.05, 0) is 24.3 Å². The lowest BCUT2D eigenvalue weighted by Crippen LogP contribution is -2.27. The number of ether oxygens (including phenoxy) is 1. The van der Waals surface area contributed by atoms with Crippen molar-refractivity contribution in [1.29, 1.82) is 0 Å². The van der Waals surface area contributed by atoms with E-state index in [0.717, 1.165) is 17.0 Å². The van der Waals surface area contributed by atoms with Gasteiger partial charge in [-0.25, -0.2) is 9.37 Å². The van der Waals surface area contributed by atoms with Gasteiger partial charge in [-0.2, -0.15) is 13.2 Å². The first kappa shape index (κ1) is 16.8. The van der Waals surface area contributed by atoms with Gasteiger partial charge in [-0.3, -0.25) is 4.79 Å². The Morgan fingerprint density at radius 2 is 1.87 bits per heavy atom. The molecule has 9 heteroatoms. The molecule has 5 nitrogen and oxygen atoms in total. The number of halogens is 4. The summed E-state index contributed by atoms with van der Waals surface area (Å²) in [6.07, 6.45) is -4.82. The fourth-order valence-electron chi connectivity index (χ4n) is 1.56. The second-order valence-corrected chi connectivity index (χ2v) is 4.74. The van der Waals surface area contributed by atoms with Crippen molar-refractivity contribution in [3.05, 3.63) is 35.8 Å². The molecule has 0 atom stereocenters. The summed E-state index contributed by atoms with van der Waals surface area (Å²) < 4.78 is 61.5. The van der Waals surface area contributed by atoms with Gasteiger partial charge >= 0.3 is 12.1 Å². The van der Waals surface area contributed by atoms with E-state index in [1.54, 1.807) is 0 Å². The molecule has 23 heavy (non-hydrogen) atoms. The van der Waals surface area contributed by atoms with E-state index in [1.807, 2.05) is 0 Å². The number of hydrogen-bond acceptors (Lipinski definition) is 4. The van der Waals surface area contributed by atoms with Crippen LogP contribution in [0.4, 0.5) is 17.6 Å². The molecule has 0 saturated carbocycles. The number of alkyl halides is 3. The lowest BCUT2D eigenvalue weighted by atomic mass is 10.2. The molecule has 0 spiro atoms. The molecule has 0 aliphatic rings. The van der Waals surface area contributed by atoms with E-state index in [9.17, 15) is 22.4 Å². The third kappa shape index (κ3) is 3.99. The molecule has 1 aromatic carbocycles. The van der Waals surface area contributed by atoms with Gasteiger partial charge < -0.3 is 14.1 Å². The zero-order chi connectivity index (χ0) is 17.2. The Bertz CT molecular complexity index is 693. The molecule has 1 heterocycles. The fourth-order valence-corrected chi connectivity index (χ4v) is 1.56. The standard InChI is InChI=1S/C14H12F4N2O3/c1-20(2)10(21)7-22-13-11(14(16,17)18)19-12(23-13)8-3-5-9(15)6-4-8/h3-6H,7H2,1-2H3. The van der Waals surface area contributed by atoms with Crippen LogP contribution in [0.1, 0.15) is 5.69 Å². The molecule has 0 unspecified atom stereocenters. The number of carbonyl (C=O) groups excluding carboxylic acids is 1. The van der Waals surface area contributed by atoms with Crippen LogP contribution in [-0.4, -0.2) is 36.5 Å². The Kier molecular flexibility index (Phi) is 4.57. The van der Waals surface area contributed by atoms with Crippen molar-refractivity contribution in [3.63, 3.8) is 0 Å². The molecule has 0 bridgehead atoms. The molecule has 0 N–H and O–H groups in total. The lowest BCUT2D eigenvalue weighted by Gasteiger charge is -2.10. The van der Waals surface area contributed by atoms with E-state index in [-0.39, 0.29) is 11.5 Å². The number of benzene rings is 1. The monoisotopic (exact) mass is 332 g/mol. The minimum atomic E-state index is -4.82. The summed E-state index contributed by atoms with van der Waals surface area (Å²) in [7, 11) is 2.86. The van der Waals surface area contributed by atoms with Crippen LogP contribution < -0.4 is 4.74 Å². The Morgan fingerprint density at radius 1 is 1.26 bits per heavy atom. The Hall–Kier alpha value is -2.58. The molecule has 0 aliphatic carbocycles. The van der Waals surface area contributed by atoms with E-state index in [0.29, 0.717) is 0 Å². The maximum Gasteiger partial charge on any atom is 0.440 e. The summed E-state index contributed by atoms with van der Waals surface area (Å²) in [5.41, 5.74) is -1.24. The van der Waals surface area contributed by atoms with Crippen molar-refractivity contribution in [2.45, 2.75) is 6.18 Å². The van der Waals surface area contributed by atoms with Crippen LogP contribution in [0.3, 0.4) is 0 Å². The molecule has 0 radical (unpaired) electrons. The smallest absolute Gasteiger partial charge is 0.440 e. The molecule has 2 aromatic rings. The molecule has 124 valence electrons. The summed E-state index contributed by atoms with van der Waals surface area (Å²) in [4.78, 5) is 15.9. The first-order valence-corrected chi connectivity index (χ1v) is 6.35. The highest BCUT2D eigenvalue weighted by molar-refractivity contribution is 5.77. The molecular weight excluding hydrogens is 320 g/mol. The van der Waals surface area contributed by atoms with Crippen LogP contribution in [0.15, 0.2) is 28.7 Å². The van der Waals surface area contributed by atoms with Gasteiger partial charge in [0.15, 0.2) is 6.61 Å². The number of carbonyl (C=O) groups is 1. The van der Waals surface area contributed by atoms with Crippen molar-refractivity contribution in [2.24, 2.45) is 0 Å². The molecular formula is C14H12F4N2O3. The number of hydrogen-bond donors (Lipinski definition) is 0. The first-order valence-electron chi connectivity index (χ1n) is 6.35. The topological polar surface area (TPSA) is 55.6 Å². The van der Waals surface area contributed by atoms with Crippen molar-refractivity contribution in [1.82, 2.24) is 9.88 Å². The van der Waals surface area contributed by atoms with Crippen LogP contribution in [0.2, 0.25) is 0 Å². The summed E-state index contributed by atoms with van der Waals surface area (Å²) in [6, 6.07) is 4.55. The molecule has 0 saturated heterocycles. The van der Waals surface area contributed by atoms with Crippen molar-refractivity contribution >= 4 is 5.91 Å².